The second-order valence-corrected chi connectivity index (χ2v) is 11.3. The van der Waals surface area contributed by atoms with Crippen molar-refractivity contribution in [2.75, 3.05) is 18.2 Å². The highest BCUT2D eigenvalue weighted by Gasteiger charge is 2.36. The van der Waals surface area contributed by atoms with Gasteiger partial charge in [-0.3, -0.25) is 9.59 Å². The lowest BCUT2D eigenvalue weighted by Crippen LogP contribution is -2.42. The van der Waals surface area contributed by atoms with Gasteiger partial charge in [-0.25, -0.2) is 4.98 Å². The number of para-hydroxylation sites is 2. The summed E-state index contributed by atoms with van der Waals surface area (Å²) in [6.07, 6.45) is 5.96. The summed E-state index contributed by atoms with van der Waals surface area (Å²) < 4.78 is 13.0. The topological polar surface area (TPSA) is 76.9 Å². The Kier molecular flexibility index (Phi) is 6.82. The number of imidazole rings is 1. The summed E-state index contributed by atoms with van der Waals surface area (Å²) in [4.78, 5) is 36.3. The number of fused-ring (bicyclic) bond motifs is 2. The Morgan fingerprint density at radius 1 is 0.927 bits per heavy atom. The molecule has 1 aromatic heterocycles. The van der Waals surface area contributed by atoms with E-state index >= 15 is 0 Å². The maximum Gasteiger partial charge on any atom is 0.243 e. The van der Waals surface area contributed by atoms with E-state index in [1.807, 2.05) is 60.7 Å². The molecule has 3 aliphatic rings. The van der Waals surface area contributed by atoms with Crippen molar-refractivity contribution < 1.29 is 19.1 Å². The molecule has 1 unspecified atom stereocenters. The maximum atomic E-state index is 14.2. The Labute approximate surface area is 239 Å². The number of ether oxygens (including phenoxy) is 2. The van der Waals surface area contributed by atoms with Gasteiger partial charge in [-0.2, -0.15) is 0 Å². The summed E-state index contributed by atoms with van der Waals surface area (Å²) >= 11 is 0. The third kappa shape index (κ3) is 5.03. The Morgan fingerprint density at radius 2 is 1.71 bits per heavy atom. The third-order valence-corrected chi connectivity index (χ3v) is 8.67. The number of carbonyl (C=O) groups is 2. The van der Waals surface area contributed by atoms with Crippen molar-refractivity contribution in [3.8, 4) is 11.5 Å². The standard InChI is InChI=1S/C33H34N4O4/c38-31-17-24(20-36(31)26-15-16-29-30(18-26)41-22-40-29)33-34-27-13-7-8-14-28(27)37(33)21-32(39)35(25-11-5-2-6-12-25)19-23-9-3-1-4-10-23/h1,3-4,7-10,13-16,18,24-25H,2,5-6,11-12,17,19-22H2. The normalized spacial score (nSPS) is 18.8. The van der Waals surface area contributed by atoms with E-state index in [0.717, 1.165) is 53.8 Å². The maximum absolute atomic E-state index is 14.2. The van der Waals surface area contributed by atoms with Gasteiger partial charge in [0, 0.05) is 43.2 Å². The average molecular weight is 551 g/mol. The molecule has 3 aromatic carbocycles. The van der Waals surface area contributed by atoms with Gasteiger partial charge >= 0.3 is 0 Å². The molecule has 7 rings (SSSR count). The van der Waals surface area contributed by atoms with E-state index in [0.29, 0.717) is 31.0 Å². The van der Waals surface area contributed by atoms with Gasteiger partial charge in [0.2, 0.25) is 18.6 Å². The van der Waals surface area contributed by atoms with Crippen LogP contribution in [0.15, 0.2) is 72.8 Å². The first-order valence-electron chi connectivity index (χ1n) is 14.6. The van der Waals surface area contributed by atoms with Crippen LogP contribution in [0.4, 0.5) is 5.69 Å². The van der Waals surface area contributed by atoms with E-state index in [1.165, 1.54) is 6.42 Å². The van der Waals surface area contributed by atoms with E-state index in [2.05, 4.69) is 21.6 Å². The molecule has 1 aliphatic carbocycles. The van der Waals surface area contributed by atoms with Crippen LogP contribution in [-0.4, -0.2) is 45.6 Å². The first-order chi connectivity index (χ1) is 20.1. The van der Waals surface area contributed by atoms with Crippen molar-refractivity contribution in [2.24, 2.45) is 0 Å². The summed E-state index contributed by atoms with van der Waals surface area (Å²) in [6, 6.07) is 24.1. The number of hydrogen-bond acceptors (Lipinski definition) is 5. The van der Waals surface area contributed by atoms with Gasteiger partial charge in [-0.05, 0) is 42.7 Å². The van der Waals surface area contributed by atoms with Crippen LogP contribution >= 0.6 is 0 Å². The molecule has 2 fully saturated rings. The predicted molar refractivity (Wildman–Crippen MR) is 156 cm³/mol. The number of aromatic nitrogens is 2. The molecule has 41 heavy (non-hydrogen) atoms. The smallest absolute Gasteiger partial charge is 0.243 e. The lowest BCUT2D eigenvalue weighted by molar-refractivity contribution is -0.135. The molecule has 1 saturated heterocycles. The number of benzene rings is 3. The average Bonchev–Trinajstić information content (AvgIpc) is 3.73. The summed E-state index contributed by atoms with van der Waals surface area (Å²) in [5.74, 6) is 2.13. The zero-order valence-corrected chi connectivity index (χ0v) is 23.1. The van der Waals surface area contributed by atoms with Gasteiger partial charge < -0.3 is 23.8 Å². The van der Waals surface area contributed by atoms with Gasteiger partial charge in [-0.1, -0.05) is 61.7 Å². The van der Waals surface area contributed by atoms with Gasteiger partial charge in [0.15, 0.2) is 11.5 Å². The van der Waals surface area contributed by atoms with Crippen LogP contribution < -0.4 is 14.4 Å². The molecule has 0 bridgehead atoms. The molecular formula is C33H34N4O4. The summed E-state index contributed by atoms with van der Waals surface area (Å²) in [7, 11) is 0. The van der Waals surface area contributed by atoms with Gasteiger partial charge in [-0.15, -0.1) is 0 Å². The lowest BCUT2D eigenvalue weighted by atomic mass is 9.93. The lowest BCUT2D eigenvalue weighted by Gasteiger charge is -2.35. The number of amides is 2. The van der Waals surface area contributed by atoms with Crippen LogP contribution in [0.1, 0.15) is 55.8 Å². The molecule has 4 aromatic rings. The molecule has 2 amide bonds. The fraction of sp³-hybridized carbons (Fsp3) is 0.364. The highest BCUT2D eigenvalue weighted by molar-refractivity contribution is 5.97. The van der Waals surface area contributed by atoms with E-state index in [9.17, 15) is 9.59 Å². The van der Waals surface area contributed by atoms with Crippen molar-refractivity contribution in [2.45, 2.75) is 63.6 Å². The molecule has 1 atom stereocenters. The second-order valence-electron chi connectivity index (χ2n) is 11.3. The minimum Gasteiger partial charge on any atom is -0.454 e. The first kappa shape index (κ1) is 25.6. The predicted octanol–water partition coefficient (Wildman–Crippen LogP) is 5.65. The summed E-state index contributed by atoms with van der Waals surface area (Å²) in [5.41, 5.74) is 3.69. The quantitative estimate of drug-likeness (QED) is 0.297. The monoisotopic (exact) mass is 550 g/mol. The van der Waals surface area contributed by atoms with Crippen LogP contribution in [-0.2, 0) is 22.7 Å². The molecule has 3 heterocycles. The fourth-order valence-electron chi connectivity index (χ4n) is 6.57. The molecule has 8 nitrogen and oxygen atoms in total. The zero-order chi connectivity index (χ0) is 27.8. The third-order valence-electron chi connectivity index (χ3n) is 8.67. The van der Waals surface area contributed by atoms with E-state index in [-0.39, 0.29) is 37.1 Å². The van der Waals surface area contributed by atoms with Crippen molar-refractivity contribution >= 4 is 28.5 Å². The van der Waals surface area contributed by atoms with Crippen LogP contribution in [0.3, 0.4) is 0 Å². The molecule has 8 heteroatoms. The molecule has 0 spiro atoms. The van der Waals surface area contributed by atoms with Gasteiger partial charge in [0.1, 0.15) is 12.4 Å². The number of carbonyl (C=O) groups excluding carboxylic acids is 2. The molecule has 0 N–H and O–H groups in total. The van der Waals surface area contributed by atoms with Crippen molar-refractivity contribution in [3.05, 3.63) is 84.2 Å². The Morgan fingerprint density at radius 3 is 2.56 bits per heavy atom. The van der Waals surface area contributed by atoms with Gasteiger partial charge in [0.25, 0.3) is 0 Å². The highest BCUT2D eigenvalue weighted by atomic mass is 16.7. The molecule has 1 saturated carbocycles. The van der Waals surface area contributed by atoms with Gasteiger partial charge in [0.05, 0.1) is 11.0 Å². The number of nitrogens with zero attached hydrogens (tertiary/aromatic N) is 4. The van der Waals surface area contributed by atoms with Crippen LogP contribution in [0.5, 0.6) is 11.5 Å². The minimum absolute atomic E-state index is 0.0340. The molecule has 2 aliphatic heterocycles. The number of hydrogen-bond donors (Lipinski definition) is 0. The fourth-order valence-corrected chi connectivity index (χ4v) is 6.57. The number of anilines is 1. The molecular weight excluding hydrogens is 516 g/mol. The Hall–Kier alpha value is -4.33. The highest BCUT2D eigenvalue weighted by Crippen LogP contribution is 2.39. The van der Waals surface area contributed by atoms with Crippen LogP contribution in [0, 0.1) is 0 Å². The molecule has 210 valence electrons. The summed E-state index contributed by atoms with van der Waals surface area (Å²) in [5, 5.41) is 0. The van der Waals surface area contributed by atoms with E-state index in [1.54, 1.807) is 4.90 Å². The Balaban J connectivity index is 1.19. The SMILES string of the molecule is O=C1CC(c2nc3ccccc3n2CC(=O)N(Cc2ccccc2)C2CCCCC2)CN1c1ccc2c(c1)OCO2. The van der Waals surface area contributed by atoms with Crippen molar-refractivity contribution in [3.63, 3.8) is 0 Å². The second kappa shape index (κ2) is 10.9. The zero-order valence-electron chi connectivity index (χ0n) is 23.1. The van der Waals surface area contributed by atoms with E-state index < -0.39 is 0 Å². The van der Waals surface area contributed by atoms with Crippen molar-refractivity contribution in [1.29, 1.82) is 0 Å². The Bertz CT molecular complexity index is 1580. The van der Waals surface area contributed by atoms with Crippen molar-refractivity contribution in [1.82, 2.24) is 14.5 Å². The van der Waals surface area contributed by atoms with Crippen LogP contribution in [0.25, 0.3) is 11.0 Å². The summed E-state index contributed by atoms with van der Waals surface area (Å²) in [6.45, 7) is 1.49. The minimum atomic E-state index is -0.134. The van der Waals surface area contributed by atoms with E-state index in [4.69, 9.17) is 14.5 Å². The number of rotatable bonds is 7. The largest absolute Gasteiger partial charge is 0.454 e. The first-order valence-corrected chi connectivity index (χ1v) is 14.6. The van der Waals surface area contributed by atoms with Crippen LogP contribution in [0.2, 0.25) is 0 Å². The molecule has 0 radical (unpaired) electrons.